The van der Waals surface area contributed by atoms with E-state index in [0.29, 0.717) is 10.9 Å². The second-order valence-electron chi connectivity index (χ2n) is 3.49. The lowest BCUT2D eigenvalue weighted by Gasteiger charge is -2.05. The molecule has 0 saturated heterocycles. The normalized spacial score (nSPS) is 12.7. The number of sulfone groups is 2. The number of benzene rings is 1. The molecule has 0 bridgehead atoms. The van der Waals surface area contributed by atoms with Crippen molar-refractivity contribution in [1.29, 1.82) is 0 Å². The highest BCUT2D eigenvalue weighted by Crippen LogP contribution is 2.20. The largest absolute Gasteiger partial charge is 0.224 e. The molecule has 0 spiro atoms. The Kier molecular flexibility index (Phi) is 3.81. The first-order valence-corrected chi connectivity index (χ1v) is 9.15. The van der Waals surface area contributed by atoms with Crippen molar-refractivity contribution in [2.24, 2.45) is 0 Å². The topological polar surface area (TPSA) is 68.3 Å². The van der Waals surface area contributed by atoms with Crippen molar-refractivity contribution in [1.82, 2.24) is 0 Å². The summed E-state index contributed by atoms with van der Waals surface area (Å²) in [4.78, 5) is 0.0368. The molecule has 0 saturated carbocycles. The van der Waals surface area contributed by atoms with Crippen LogP contribution in [0.4, 0.5) is 0 Å². The third-order valence-corrected chi connectivity index (χ3v) is 4.78. The average molecular weight is 327 g/mol. The van der Waals surface area contributed by atoms with Crippen LogP contribution in [0.5, 0.6) is 0 Å². The summed E-state index contributed by atoms with van der Waals surface area (Å²) < 4.78 is 45.5. The van der Waals surface area contributed by atoms with Crippen molar-refractivity contribution in [3.63, 3.8) is 0 Å². The zero-order chi connectivity index (χ0) is 12.6. The Balaban J connectivity index is 3.58. The molecule has 90 valence electrons. The lowest BCUT2D eigenvalue weighted by Crippen LogP contribution is -2.03. The maximum atomic E-state index is 11.4. The van der Waals surface area contributed by atoms with Crippen LogP contribution in [-0.4, -0.2) is 29.3 Å². The second kappa shape index (κ2) is 4.46. The first-order chi connectivity index (χ1) is 7.14. The fraction of sp³-hybridized carbons (Fsp3) is 0.333. The molecular formula is C9H11BrO4S2. The van der Waals surface area contributed by atoms with E-state index >= 15 is 0 Å². The van der Waals surface area contributed by atoms with Gasteiger partial charge in [0.2, 0.25) is 0 Å². The fourth-order valence-electron chi connectivity index (χ4n) is 1.14. The Hall–Kier alpha value is -0.400. The quantitative estimate of drug-likeness (QED) is 0.787. The van der Waals surface area contributed by atoms with Gasteiger partial charge in [-0.1, -0.05) is 15.9 Å². The molecule has 0 atom stereocenters. The molecule has 4 nitrogen and oxygen atoms in total. The van der Waals surface area contributed by atoms with Gasteiger partial charge in [-0.2, -0.15) is 0 Å². The van der Waals surface area contributed by atoms with Crippen molar-refractivity contribution < 1.29 is 16.8 Å². The van der Waals surface area contributed by atoms with E-state index < -0.39 is 19.7 Å². The molecule has 0 amide bonds. The van der Waals surface area contributed by atoms with Gasteiger partial charge in [0.1, 0.15) is 0 Å². The van der Waals surface area contributed by atoms with Gasteiger partial charge in [0, 0.05) is 17.8 Å². The van der Waals surface area contributed by atoms with E-state index in [1.807, 2.05) is 0 Å². The second-order valence-corrected chi connectivity index (χ2v) is 8.08. The van der Waals surface area contributed by atoms with Crippen molar-refractivity contribution in [2.45, 2.75) is 15.1 Å². The van der Waals surface area contributed by atoms with Gasteiger partial charge in [-0.3, -0.25) is 0 Å². The maximum Gasteiger partial charge on any atom is 0.175 e. The van der Waals surface area contributed by atoms with Gasteiger partial charge in [-0.05, 0) is 23.8 Å². The predicted molar refractivity (Wildman–Crippen MR) is 65.3 cm³/mol. The molecule has 0 radical (unpaired) electrons. The molecule has 0 aliphatic heterocycles. The van der Waals surface area contributed by atoms with E-state index in [-0.39, 0.29) is 9.79 Å². The van der Waals surface area contributed by atoms with E-state index in [1.54, 1.807) is 0 Å². The number of halogens is 1. The van der Waals surface area contributed by atoms with Crippen LogP contribution in [-0.2, 0) is 25.0 Å². The molecule has 0 aliphatic rings. The molecule has 1 aromatic rings. The summed E-state index contributed by atoms with van der Waals surface area (Å²) in [5, 5.41) is 0.402. The Morgan fingerprint density at radius 1 is 0.938 bits per heavy atom. The highest BCUT2D eigenvalue weighted by atomic mass is 79.9. The van der Waals surface area contributed by atoms with Crippen molar-refractivity contribution in [3.8, 4) is 0 Å². The lowest BCUT2D eigenvalue weighted by atomic mass is 10.2. The Morgan fingerprint density at radius 3 is 1.56 bits per heavy atom. The average Bonchev–Trinajstić information content (AvgIpc) is 2.14. The van der Waals surface area contributed by atoms with E-state index in [9.17, 15) is 16.8 Å². The summed E-state index contributed by atoms with van der Waals surface area (Å²) in [6.07, 6.45) is 2.10. The summed E-state index contributed by atoms with van der Waals surface area (Å²) in [7, 11) is -6.81. The van der Waals surface area contributed by atoms with Crippen molar-refractivity contribution >= 4 is 35.6 Å². The molecule has 1 aromatic carbocycles. The summed E-state index contributed by atoms with van der Waals surface area (Å²) in [6, 6.07) is 4.09. The van der Waals surface area contributed by atoms with E-state index in [2.05, 4.69) is 15.9 Å². The monoisotopic (exact) mass is 326 g/mol. The van der Waals surface area contributed by atoms with Crippen LogP contribution in [0.15, 0.2) is 28.0 Å². The maximum absolute atomic E-state index is 11.4. The molecular weight excluding hydrogens is 316 g/mol. The van der Waals surface area contributed by atoms with Crippen LogP contribution in [0.1, 0.15) is 5.56 Å². The number of rotatable bonds is 3. The number of alkyl halides is 1. The minimum Gasteiger partial charge on any atom is -0.224 e. The molecule has 16 heavy (non-hydrogen) atoms. The van der Waals surface area contributed by atoms with Gasteiger partial charge in [0.05, 0.1) is 9.79 Å². The fourth-order valence-corrected chi connectivity index (χ4v) is 2.95. The zero-order valence-corrected chi connectivity index (χ0v) is 12.0. The summed E-state index contributed by atoms with van der Waals surface area (Å²) in [6.45, 7) is 0. The third-order valence-electron chi connectivity index (χ3n) is 1.95. The molecule has 0 fully saturated rings. The Bertz CT molecular complexity index is 552. The lowest BCUT2D eigenvalue weighted by molar-refractivity contribution is 0.600. The van der Waals surface area contributed by atoms with Crippen LogP contribution < -0.4 is 0 Å². The van der Waals surface area contributed by atoms with E-state index in [1.165, 1.54) is 18.2 Å². The Morgan fingerprint density at radius 2 is 1.31 bits per heavy atom. The molecule has 0 N–H and O–H groups in total. The van der Waals surface area contributed by atoms with Crippen LogP contribution in [0.2, 0.25) is 0 Å². The van der Waals surface area contributed by atoms with E-state index in [0.717, 1.165) is 12.5 Å². The van der Waals surface area contributed by atoms with Crippen LogP contribution in [0.25, 0.3) is 0 Å². The number of hydrogen-bond acceptors (Lipinski definition) is 4. The summed E-state index contributed by atoms with van der Waals surface area (Å²) in [5.74, 6) is 0. The highest BCUT2D eigenvalue weighted by Gasteiger charge is 2.14. The molecule has 0 heterocycles. The molecule has 0 aromatic heterocycles. The molecule has 0 aliphatic carbocycles. The molecule has 1 rings (SSSR count). The van der Waals surface area contributed by atoms with Gasteiger partial charge in [-0.15, -0.1) is 0 Å². The highest BCUT2D eigenvalue weighted by molar-refractivity contribution is 9.08. The first kappa shape index (κ1) is 13.7. The third kappa shape index (κ3) is 3.29. The van der Waals surface area contributed by atoms with Crippen LogP contribution in [0.3, 0.4) is 0 Å². The predicted octanol–water partition coefficient (Wildman–Crippen LogP) is 1.39. The van der Waals surface area contributed by atoms with Gasteiger partial charge in [-0.25, -0.2) is 16.8 Å². The van der Waals surface area contributed by atoms with Crippen molar-refractivity contribution in [2.75, 3.05) is 12.5 Å². The smallest absolute Gasteiger partial charge is 0.175 e. The standard InChI is InChI=1S/C9H11BrO4S2/c1-15(11,12)8-3-7(6-10)4-9(5-8)16(2,13)14/h3-5H,6H2,1-2H3. The van der Waals surface area contributed by atoms with Gasteiger partial charge in [0.15, 0.2) is 19.7 Å². The van der Waals surface area contributed by atoms with Crippen LogP contribution >= 0.6 is 15.9 Å². The van der Waals surface area contributed by atoms with Crippen LogP contribution in [0, 0.1) is 0 Å². The first-order valence-electron chi connectivity index (χ1n) is 4.24. The summed E-state index contributed by atoms with van der Waals surface area (Å²) >= 11 is 3.17. The van der Waals surface area contributed by atoms with Gasteiger partial charge < -0.3 is 0 Å². The zero-order valence-electron chi connectivity index (χ0n) is 8.77. The molecule has 0 unspecified atom stereocenters. The summed E-state index contributed by atoms with van der Waals surface area (Å²) in [5.41, 5.74) is 0.614. The Labute approximate surface area is 104 Å². The minimum atomic E-state index is -3.40. The van der Waals surface area contributed by atoms with Gasteiger partial charge >= 0.3 is 0 Å². The van der Waals surface area contributed by atoms with Gasteiger partial charge in [0.25, 0.3) is 0 Å². The van der Waals surface area contributed by atoms with E-state index in [4.69, 9.17) is 0 Å². The van der Waals surface area contributed by atoms with Crippen molar-refractivity contribution in [3.05, 3.63) is 23.8 Å². The molecule has 7 heteroatoms. The minimum absolute atomic E-state index is 0.0184. The SMILES string of the molecule is CS(=O)(=O)c1cc(CBr)cc(S(C)(=O)=O)c1. The number of hydrogen-bond donors (Lipinski definition) is 0.